The third kappa shape index (κ3) is 3.75. The average molecular weight is 171 g/mol. The zero-order valence-electron chi connectivity index (χ0n) is 7.33. The van der Waals surface area contributed by atoms with Crippen molar-refractivity contribution in [2.75, 3.05) is 7.05 Å². The highest BCUT2D eigenvalue weighted by Gasteiger charge is 2.10. The van der Waals surface area contributed by atoms with Crippen LogP contribution in [0, 0.1) is 0 Å². The van der Waals surface area contributed by atoms with Gasteiger partial charge < -0.3 is 10.0 Å². The number of rotatable bonds is 4. The summed E-state index contributed by atoms with van der Waals surface area (Å²) >= 11 is 0. The minimum Gasteiger partial charge on any atom is -0.481 e. The van der Waals surface area contributed by atoms with Crippen molar-refractivity contribution < 1.29 is 14.7 Å². The van der Waals surface area contributed by atoms with Crippen LogP contribution < -0.4 is 0 Å². The van der Waals surface area contributed by atoms with E-state index in [1.54, 1.807) is 14.0 Å². The Kier molecular flexibility index (Phi) is 4.04. The van der Waals surface area contributed by atoms with Gasteiger partial charge in [-0.15, -0.1) is 0 Å². The zero-order valence-corrected chi connectivity index (χ0v) is 7.33. The van der Waals surface area contributed by atoms with E-state index in [4.69, 9.17) is 5.11 Å². The first-order chi connectivity index (χ1) is 5.45. The van der Waals surface area contributed by atoms with Crippen molar-refractivity contribution in [1.82, 2.24) is 4.90 Å². The Balaban J connectivity index is 3.88. The fraction of sp³-hybridized carbons (Fsp3) is 0.500. The van der Waals surface area contributed by atoms with Gasteiger partial charge in [0.1, 0.15) is 0 Å². The molecule has 68 valence electrons. The minimum absolute atomic E-state index is 0.0265. The Hall–Kier alpha value is -1.32. The number of carbonyl (C=O) groups excluding carboxylic acids is 1. The predicted molar refractivity (Wildman–Crippen MR) is 44.5 cm³/mol. The lowest BCUT2D eigenvalue weighted by Crippen LogP contribution is -2.24. The monoisotopic (exact) mass is 171 g/mol. The maximum Gasteiger partial charge on any atom is 0.303 e. The first-order valence-electron chi connectivity index (χ1n) is 3.59. The number of nitrogens with zero attached hydrogens (tertiary/aromatic N) is 1. The molecule has 0 radical (unpaired) electrons. The number of carboxylic acid groups (broad SMARTS) is 1. The van der Waals surface area contributed by atoms with E-state index >= 15 is 0 Å². The van der Waals surface area contributed by atoms with Crippen LogP contribution in [0.2, 0.25) is 0 Å². The second-order valence-electron chi connectivity index (χ2n) is 2.58. The van der Waals surface area contributed by atoms with Crippen LogP contribution in [0.1, 0.15) is 19.8 Å². The number of hydrogen-bond donors (Lipinski definition) is 1. The molecule has 0 bridgehead atoms. The SMILES string of the molecule is C=C(C)N(C)C(=O)CCC(=O)O. The fourth-order valence-corrected chi connectivity index (χ4v) is 0.594. The summed E-state index contributed by atoms with van der Waals surface area (Å²) in [5.41, 5.74) is 0.616. The van der Waals surface area contributed by atoms with Crippen LogP contribution in [-0.2, 0) is 9.59 Å². The van der Waals surface area contributed by atoms with E-state index in [1.165, 1.54) is 4.90 Å². The second kappa shape index (κ2) is 4.54. The van der Waals surface area contributed by atoms with Crippen LogP contribution in [0.3, 0.4) is 0 Å². The Morgan fingerprint density at radius 3 is 2.25 bits per heavy atom. The first-order valence-corrected chi connectivity index (χ1v) is 3.59. The molecule has 0 saturated carbocycles. The molecule has 0 atom stereocenters. The maximum absolute atomic E-state index is 11.1. The summed E-state index contributed by atoms with van der Waals surface area (Å²) in [5.74, 6) is -1.18. The van der Waals surface area contributed by atoms with E-state index in [1.807, 2.05) is 0 Å². The van der Waals surface area contributed by atoms with Crippen LogP contribution in [0.4, 0.5) is 0 Å². The van der Waals surface area contributed by atoms with Crippen molar-refractivity contribution >= 4 is 11.9 Å². The average Bonchev–Trinajstić information content (AvgIpc) is 1.98. The summed E-state index contributed by atoms with van der Waals surface area (Å²) < 4.78 is 0. The Morgan fingerprint density at radius 1 is 1.42 bits per heavy atom. The van der Waals surface area contributed by atoms with Gasteiger partial charge in [-0.25, -0.2) is 0 Å². The number of allylic oxidation sites excluding steroid dienone is 1. The summed E-state index contributed by atoms with van der Waals surface area (Å²) in [5, 5.41) is 8.29. The van der Waals surface area contributed by atoms with Crippen LogP contribution in [-0.4, -0.2) is 28.9 Å². The fourth-order valence-electron chi connectivity index (χ4n) is 0.594. The van der Waals surface area contributed by atoms with E-state index in [-0.39, 0.29) is 18.7 Å². The molecule has 0 aromatic heterocycles. The molecular formula is C8H13NO3. The topological polar surface area (TPSA) is 57.6 Å². The first kappa shape index (κ1) is 10.7. The molecule has 0 aliphatic heterocycles. The molecule has 0 rings (SSSR count). The minimum atomic E-state index is -0.960. The quantitative estimate of drug-likeness (QED) is 0.682. The van der Waals surface area contributed by atoms with Crippen molar-refractivity contribution in [3.63, 3.8) is 0 Å². The van der Waals surface area contributed by atoms with Gasteiger partial charge in [0.15, 0.2) is 0 Å². The molecule has 1 amide bonds. The Morgan fingerprint density at radius 2 is 1.92 bits per heavy atom. The van der Waals surface area contributed by atoms with Gasteiger partial charge in [0, 0.05) is 19.2 Å². The van der Waals surface area contributed by atoms with Crippen molar-refractivity contribution in [2.45, 2.75) is 19.8 Å². The molecule has 4 heteroatoms. The second-order valence-corrected chi connectivity index (χ2v) is 2.58. The molecule has 0 aliphatic rings. The summed E-state index contributed by atoms with van der Waals surface area (Å²) in [6, 6.07) is 0. The Bertz CT molecular complexity index is 210. The molecular weight excluding hydrogens is 158 g/mol. The number of hydrogen-bond acceptors (Lipinski definition) is 2. The molecule has 0 aromatic carbocycles. The normalized spacial score (nSPS) is 9.17. The molecule has 0 heterocycles. The number of carboxylic acids is 1. The van der Waals surface area contributed by atoms with E-state index in [0.29, 0.717) is 5.70 Å². The number of amides is 1. The molecule has 12 heavy (non-hydrogen) atoms. The molecule has 0 aliphatic carbocycles. The summed E-state index contributed by atoms with van der Waals surface area (Å²) in [6.07, 6.45) is -0.102. The highest BCUT2D eigenvalue weighted by Crippen LogP contribution is 2.01. The molecule has 1 N–H and O–H groups in total. The predicted octanol–water partition coefficient (Wildman–Crippen LogP) is 0.843. The van der Waals surface area contributed by atoms with Gasteiger partial charge in [0.25, 0.3) is 0 Å². The maximum atomic E-state index is 11.1. The molecule has 0 fully saturated rings. The van der Waals surface area contributed by atoms with Crippen molar-refractivity contribution in [2.24, 2.45) is 0 Å². The van der Waals surface area contributed by atoms with Gasteiger partial charge in [-0.3, -0.25) is 9.59 Å². The largest absolute Gasteiger partial charge is 0.481 e. The van der Waals surface area contributed by atoms with Crippen LogP contribution in [0.25, 0.3) is 0 Å². The van der Waals surface area contributed by atoms with Crippen LogP contribution in [0.5, 0.6) is 0 Å². The van der Waals surface area contributed by atoms with Crippen molar-refractivity contribution in [1.29, 1.82) is 0 Å². The Labute approximate surface area is 71.5 Å². The lowest BCUT2D eigenvalue weighted by Gasteiger charge is -2.15. The molecule has 0 unspecified atom stereocenters. The number of aliphatic carboxylic acids is 1. The third-order valence-electron chi connectivity index (χ3n) is 1.50. The van der Waals surface area contributed by atoms with E-state index in [2.05, 4.69) is 6.58 Å². The smallest absolute Gasteiger partial charge is 0.303 e. The van der Waals surface area contributed by atoms with Gasteiger partial charge in [0.05, 0.1) is 6.42 Å². The lowest BCUT2D eigenvalue weighted by molar-refractivity contribution is -0.140. The van der Waals surface area contributed by atoms with Gasteiger partial charge in [-0.2, -0.15) is 0 Å². The van der Waals surface area contributed by atoms with Gasteiger partial charge >= 0.3 is 5.97 Å². The standard InChI is InChI=1S/C8H13NO3/c1-6(2)9(3)7(10)4-5-8(11)12/h1,4-5H2,2-3H3,(H,11,12). The molecule has 0 saturated heterocycles. The lowest BCUT2D eigenvalue weighted by atomic mass is 10.3. The van der Waals surface area contributed by atoms with Gasteiger partial charge in [0.2, 0.25) is 5.91 Å². The molecule has 0 spiro atoms. The van der Waals surface area contributed by atoms with Crippen LogP contribution >= 0.6 is 0 Å². The van der Waals surface area contributed by atoms with Crippen molar-refractivity contribution in [3.8, 4) is 0 Å². The van der Waals surface area contributed by atoms with E-state index in [0.717, 1.165) is 0 Å². The summed E-state index contributed by atoms with van der Waals surface area (Å²) in [4.78, 5) is 22.5. The third-order valence-corrected chi connectivity index (χ3v) is 1.50. The molecule has 4 nitrogen and oxygen atoms in total. The zero-order chi connectivity index (χ0) is 9.72. The highest BCUT2D eigenvalue weighted by atomic mass is 16.4. The highest BCUT2D eigenvalue weighted by molar-refractivity contribution is 5.81. The van der Waals surface area contributed by atoms with E-state index in [9.17, 15) is 9.59 Å². The van der Waals surface area contributed by atoms with Gasteiger partial charge in [-0.05, 0) is 6.92 Å². The summed E-state index contributed by atoms with van der Waals surface area (Å²) in [7, 11) is 1.58. The summed E-state index contributed by atoms with van der Waals surface area (Å²) in [6.45, 7) is 5.25. The number of carbonyl (C=O) groups is 2. The van der Waals surface area contributed by atoms with E-state index < -0.39 is 5.97 Å². The van der Waals surface area contributed by atoms with Crippen molar-refractivity contribution in [3.05, 3.63) is 12.3 Å². The molecule has 0 aromatic rings. The van der Waals surface area contributed by atoms with Gasteiger partial charge in [-0.1, -0.05) is 6.58 Å². The van der Waals surface area contributed by atoms with Crippen LogP contribution in [0.15, 0.2) is 12.3 Å².